The molecule has 1 N–H and O–H groups in total. The first-order chi connectivity index (χ1) is 11.2. The van der Waals surface area contributed by atoms with Crippen molar-refractivity contribution in [3.8, 4) is 0 Å². The van der Waals surface area contributed by atoms with Gasteiger partial charge in [-0.15, -0.1) is 0 Å². The highest BCUT2D eigenvalue weighted by atomic mass is 35.5. The van der Waals surface area contributed by atoms with Crippen molar-refractivity contribution in [2.45, 2.75) is 44.8 Å². The largest absolute Gasteiger partial charge is 0.417 e. The van der Waals surface area contributed by atoms with Gasteiger partial charge in [-0.25, -0.2) is 0 Å². The van der Waals surface area contributed by atoms with Crippen molar-refractivity contribution in [2.75, 3.05) is 11.9 Å². The third kappa shape index (κ3) is 4.63. The lowest BCUT2D eigenvalue weighted by Gasteiger charge is -2.27. The number of carbonyl (C=O) groups is 2. The molecule has 0 bridgehead atoms. The van der Waals surface area contributed by atoms with E-state index in [0.717, 1.165) is 37.8 Å². The molecule has 0 heterocycles. The van der Waals surface area contributed by atoms with Crippen LogP contribution in [0.2, 0.25) is 5.02 Å². The highest BCUT2D eigenvalue weighted by molar-refractivity contribution is 6.31. The molecule has 0 atom stereocenters. The second kappa shape index (κ2) is 7.42. The number of anilines is 1. The van der Waals surface area contributed by atoms with E-state index in [1.165, 1.54) is 17.9 Å². The van der Waals surface area contributed by atoms with Gasteiger partial charge < -0.3 is 10.2 Å². The van der Waals surface area contributed by atoms with Crippen LogP contribution in [-0.4, -0.2) is 29.3 Å². The maximum absolute atomic E-state index is 12.8. The predicted molar refractivity (Wildman–Crippen MR) is 84.7 cm³/mol. The van der Waals surface area contributed by atoms with Crippen LogP contribution in [0.15, 0.2) is 18.2 Å². The van der Waals surface area contributed by atoms with Crippen LogP contribution in [0.4, 0.5) is 18.9 Å². The first kappa shape index (κ1) is 18.6. The highest BCUT2D eigenvalue weighted by Gasteiger charge is 2.33. The zero-order valence-corrected chi connectivity index (χ0v) is 13.9. The molecule has 132 valence electrons. The van der Waals surface area contributed by atoms with E-state index < -0.39 is 22.7 Å². The number of carbonyl (C=O) groups excluding carboxylic acids is 2. The molecule has 1 fully saturated rings. The SMILES string of the molecule is CC(=O)N(CC(=O)Nc1ccc(Cl)c(C(F)(F)F)c1)C1CCCC1. The van der Waals surface area contributed by atoms with Crippen LogP contribution < -0.4 is 5.32 Å². The summed E-state index contributed by atoms with van der Waals surface area (Å²) in [5.41, 5.74) is -1.02. The van der Waals surface area contributed by atoms with E-state index in [4.69, 9.17) is 11.6 Å². The first-order valence-corrected chi connectivity index (χ1v) is 8.00. The standard InChI is InChI=1S/C16H18ClF3N2O2/c1-10(23)22(12-4-2-3-5-12)9-15(24)21-11-6-7-14(17)13(8-11)16(18,19)20/h6-8,12H,2-5,9H2,1H3,(H,21,24). The second-order valence-corrected chi connectivity index (χ2v) is 6.23. The molecule has 0 spiro atoms. The molecule has 1 aliphatic rings. The predicted octanol–water partition coefficient (Wildman–Crippen LogP) is 4.09. The Balaban J connectivity index is 2.07. The average molecular weight is 363 g/mol. The summed E-state index contributed by atoms with van der Waals surface area (Å²) in [6.07, 6.45) is -0.921. The van der Waals surface area contributed by atoms with Crippen molar-refractivity contribution in [3.05, 3.63) is 28.8 Å². The van der Waals surface area contributed by atoms with Crippen molar-refractivity contribution in [1.82, 2.24) is 4.90 Å². The first-order valence-electron chi connectivity index (χ1n) is 7.62. The Hall–Kier alpha value is -1.76. The van der Waals surface area contributed by atoms with Gasteiger partial charge in [0.15, 0.2) is 0 Å². The maximum Gasteiger partial charge on any atom is 0.417 e. The summed E-state index contributed by atoms with van der Waals surface area (Å²) in [7, 11) is 0. The van der Waals surface area contributed by atoms with Crippen molar-refractivity contribution in [1.29, 1.82) is 0 Å². The number of benzene rings is 1. The molecular formula is C16H18ClF3N2O2. The van der Waals surface area contributed by atoms with Crippen molar-refractivity contribution in [2.24, 2.45) is 0 Å². The zero-order valence-electron chi connectivity index (χ0n) is 13.1. The van der Waals surface area contributed by atoms with Crippen LogP contribution >= 0.6 is 11.6 Å². The van der Waals surface area contributed by atoms with E-state index in [1.54, 1.807) is 0 Å². The monoisotopic (exact) mass is 362 g/mol. The summed E-state index contributed by atoms with van der Waals surface area (Å²) in [5.74, 6) is -0.753. The van der Waals surface area contributed by atoms with Gasteiger partial charge in [-0.2, -0.15) is 13.2 Å². The zero-order chi connectivity index (χ0) is 17.9. The minimum absolute atomic E-state index is 0.00773. The fourth-order valence-corrected chi connectivity index (χ4v) is 3.11. The van der Waals surface area contributed by atoms with E-state index >= 15 is 0 Å². The number of alkyl halides is 3. The molecule has 4 nitrogen and oxygen atoms in total. The average Bonchev–Trinajstić information content (AvgIpc) is 2.99. The van der Waals surface area contributed by atoms with Gasteiger partial charge in [0.05, 0.1) is 10.6 Å². The number of amides is 2. The van der Waals surface area contributed by atoms with Gasteiger partial charge in [-0.05, 0) is 31.0 Å². The van der Waals surface area contributed by atoms with Gasteiger partial charge in [0.25, 0.3) is 0 Å². The van der Waals surface area contributed by atoms with Crippen LogP contribution in [0.25, 0.3) is 0 Å². The normalized spacial score (nSPS) is 15.4. The fraction of sp³-hybridized carbons (Fsp3) is 0.500. The molecule has 1 saturated carbocycles. The summed E-state index contributed by atoms with van der Waals surface area (Å²) >= 11 is 5.54. The lowest BCUT2D eigenvalue weighted by molar-refractivity contribution is -0.137. The van der Waals surface area contributed by atoms with Crippen LogP contribution in [0.5, 0.6) is 0 Å². The fourth-order valence-electron chi connectivity index (χ4n) is 2.89. The van der Waals surface area contributed by atoms with E-state index in [9.17, 15) is 22.8 Å². The highest BCUT2D eigenvalue weighted by Crippen LogP contribution is 2.36. The Morgan fingerprint density at radius 1 is 1.29 bits per heavy atom. The van der Waals surface area contributed by atoms with Crippen LogP contribution in [-0.2, 0) is 15.8 Å². The molecule has 2 amide bonds. The molecule has 0 aromatic heterocycles. The Morgan fingerprint density at radius 2 is 1.92 bits per heavy atom. The lowest BCUT2D eigenvalue weighted by Crippen LogP contribution is -2.42. The van der Waals surface area contributed by atoms with E-state index in [2.05, 4.69) is 5.32 Å². The topological polar surface area (TPSA) is 49.4 Å². The molecule has 0 unspecified atom stereocenters. The summed E-state index contributed by atoms with van der Waals surface area (Å²) < 4.78 is 38.5. The molecule has 1 aliphatic carbocycles. The van der Waals surface area contributed by atoms with Crippen LogP contribution in [0.1, 0.15) is 38.2 Å². The van der Waals surface area contributed by atoms with E-state index in [1.807, 2.05) is 0 Å². The van der Waals surface area contributed by atoms with Crippen LogP contribution in [0.3, 0.4) is 0 Å². The van der Waals surface area contributed by atoms with E-state index in [-0.39, 0.29) is 24.2 Å². The van der Waals surface area contributed by atoms with Gasteiger partial charge >= 0.3 is 6.18 Å². The molecule has 0 radical (unpaired) electrons. The summed E-state index contributed by atoms with van der Waals surface area (Å²) in [6, 6.07) is 3.18. The Kier molecular flexibility index (Phi) is 5.74. The quantitative estimate of drug-likeness (QED) is 0.877. The Labute approximate surface area is 143 Å². The molecule has 0 aliphatic heterocycles. The van der Waals surface area contributed by atoms with Crippen LogP contribution in [0, 0.1) is 0 Å². The van der Waals surface area contributed by atoms with Gasteiger partial charge in [0.1, 0.15) is 6.54 Å². The second-order valence-electron chi connectivity index (χ2n) is 5.83. The summed E-state index contributed by atoms with van der Waals surface area (Å²) in [6.45, 7) is 1.21. The number of nitrogens with zero attached hydrogens (tertiary/aromatic N) is 1. The summed E-state index contributed by atoms with van der Waals surface area (Å²) in [5, 5.41) is 1.97. The smallest absolute Gasteiger partial charge is 0.331 e. The van der Waals surface area contributed by atoms with Crippen molar-refractivity contribution < 1.29 is 22.8 Å². The Bertz CT molecular complexity index is 628. The molecule has 2 rings (SSSR count). The molecular weight excluding hydrogens is 345 g/mol. The molecule has 0 saturated heterocycles. The number of halogens is 4. The molecule has 1 aromatic rings. The number of nitrogens with one attached hydrogen (secondary N) is 1. The van der Waals surface area contributed by atoms with Gasteiger partial charge in [-0.3, -0.25) is 9.59 Å². The summed E-state index contributed by atoms with van der Waals surface area (Å²) in [4.78, 5) is 25.3. The lowest BCUT2D eigenvalue weighted by atomic mass is 10.2. The molecule has 8 heteroatoms. The van der Waals surface area contributed by atoms with Crippen molar-refractivity contribution in [3.63, 3.8) is 0 Å². The third-order valence-electron chi connectivity index (χ3n) is 4.04. The minimum atomic E-state index is -4.60. The van der Waals surface area contributed by atoms with E-state index in [0.29, 0.717) is 0 Å². The van der Waals surface area contributed by atoms with Gasteiger partial charge in [0, 0.05) is 18.7 Å². The number of hydrogen-bond donors (Lipinski definition) is 1. The molecule has 24 heavy (non-hydrogen) atoms. The third-order valence-corrected chi connectivity index (χ3v) is 4.37. The Morgan fingerprint density at radius 3 is 2.46 bits per heavy atom. The minimum Gasteiger partial charge on any atom is -0.331 e. The number of rotatable bonds is 4. The van der Waals surface area contributed by atoms with Gasteiger partial charge in [0.2, 0.25) is 11.8 Å². The number of hydrogen-bond acceptors (Lipinski definition) is 2. The van der Waals surface area contributed by atoms with Gasteiger partial charge in [-0.1, -0.05) is 24.4 Å². The maximum atomic E-state index is 12.8. The van der Waals surface area contributed by atoms with Crippen molar-refractivity contribution >= 4 is 29.1 Å². The molecule has 1 aromatic carbocycles.